The third-order valence-corrected chi connectivity index (χ3v) is 8.11. The van der Waals surface area contributed by atoms with Crippen molar-refractivity contribution < 1.29 is 4.79 Å². The highest BCUT2D eigenvalue weighted by Crippen LogP contribution is 2.48. The molecule has 6 nitrogen and oxygen atoms in total. The Morgan fingerprint density at radius 3 is 2.61 bits per heavy atom. The minimum absolute atomic E-state index is 0.0125. The number of Topliss-reactive ketones (excluding diaryl/α,β-unsaturated/α-hetero) is 1. The first-order valence-electron chi connectivity index (χ1n) is 10.3. The molecule has 31 heavy (non-hydrogen) atoms. The Balaban J connectivity index is 1.38. The Morgan fingerprint density at radius 1 is 1.16 bits per heavy atom. The number of nitrogens with two attached hydrogens (primary N) is 1. The van der Waals surface area contributed by atoms with Crippen molar-refractivity contribution in [2.75, 3.05) is 13.1 Å². The van der Waals surface area contributed by atoms with Gasteiger partial charge in [0.2, 0.25) is 0 Å². The second-order valence-corrected chi connectivity index (χ2v) is 9.74. The third kappa shape index (κ3) is 3.23. The largest absolute Gasteiger partial charge is 0.355 e. The molecule has 1 aromatic heterocycles. The highest BCUT2D eigenvalue weighted by molar-refractivity contribution is 6.47. The van der Waals surface area contributed by atoms with Gasteiger partial charge in [0.15, 0.2) is 11.6 Å². The number of carbonyl (C=O) groups is 1. The lowest BCUT2D eigenvalue weighted by Crippen LogP contribution is -2.45. The standard InChI is InChI=1S/C22H22Cl3N5O/c1-12-16(13-3-2-4-14(23)17(13)24)19(31)18(25)21(28-12)29-9-6-22(7-10-29)11-30-15(20(22)26)5-8-27-30/h2-5,8,16,20H,6-7,9-11,26H2,1H3/t16-,20?/m1/s1. The number of halogens is 3. The molecule has 1 spiro atoms. The topological polar surface area (TPSA) is 76.5 Å². The maximum Gasteiger partial charge on any atom is 0.191 e. The molecule has 0 saturated carbocycles. The van der Waals surface area contributed by atoms with Crippen LogP contribution < -0.4 is 5.73 Å². The molecule has 5 rings (SSSR count). The van der Waals surface area contributed by atoms with Crippen molar-refractivity contribution in [3.8, 4) is 0 Å². The number of ketones is 1. The van der Waals surface area contributed by atoms with Gasteiger partial charge < -0.3 is 10.6 Å². The number of piperidine rings is 1. The lowest BCUT2D eigenvalue weighted by molar-refractivity contribution is -0.115. The predicted molar refractivity (Wildman–Crippen MR) is 123 cm³/mol. The number of hydrogen-bond donors (Lipinski definition) is 1. The van der Waals surface area contributed by atoms with Gasteiger partial charge >= 0.3 is 0 Å². The number of hydrogen-bond acceptors (Lipinski definition) is 5. The highest BCUT2D eigenvalue weighted by atomic mass is 35.5. The molecule has 0 radical (unpaired) electrons. The van der Waals surface area contributed by atoms with Crippen LogP contribution >= 0.6 is 34.8 Å². The monoisotopic (exact) mass is 477 g/mol. The smallest absolute Gasteiger partial charge is 0.191 e. The summed E-state index contributed by atoms with van der Waals surface area (Å²) in [5.41, 5.74) is 8.95. The predicted octanol–water partition coefficient (Wildman–Crippen LogP) is 4.52. The summed E-state index contributed by atoms with van der Waals surface area (Å²) in [6.07, 6.45) is 3.57. The summed E-state index contributed by atoms with van der Waals surface area (Å²) in [5, 5.41) is 5.30. The first-order valence-corrected chi connectivity index (χ1v) is 11.4. The van der Waals surface area contributed by atoms with Gasteiger partial charge in [-0.2, -0.15) is 5.10 Å². The number of aromatic nitrogens is 2. The number of allylic oxidation sites excluding steroid dienone is 1. The van der Waals surface area contributed by atoms with Gasteiger partial charge in [-0.25, -0.2) is 4.99 Å². The van der Waals surface area contributed by atoms with E-state index in [0.717, 1.165) is 38.2 Å². The van der Waals surface area contributed by atoms with Crippen molar-refractivity contribution in [3.05, 3.63) is 62.6 Å². The lowest BCUT2D eigenvalue weighted by Gasteiger charge is -2.43. The van der Waals surface area contributed by atoms with E-state index in [0.29, 0.717) is 27.1 Å². The van der Waals surface area contributed by atoms with Crippen LogP contribution in [0.2, 0.25) is 10.0 Å². The molecule has 4 heterocycles. The Kier molecular flexibility index (Phi) is 5.17. The second kappa shape index (κ2) is 7.62. The average molecular weight is 479 g/mol. The van der Waals surface area contributed by atoms with Crippen LogP contribution in [0.25, 0.3) is 0 Å². The Labute approximate surface area is 195 Å². The van der Waals surface area contributed by atoms with E-state index in [9.17, 15) is 4.79 Å². The van der Waals surface area contributed by atoms with E-state index in [2.05, 4.69) is 10.00 Å². The van der Waals surface area contributed by atoms with Gasteiger partial charge in [-0.15, -0.1) is 0 Å². The molecule has 2 atom stereocenters. The van der Waals surface area contributed by atoms with Crippen molar-refractivity contribution in [1.82, 2.24) is 14.7 Å². The van der Waals surface area contributed by atoms with E-state index >= 15 is 0 Å². The van der Waals surface area contributed by atoms with Crippen LogP contribution in [0.15, 0.2) is 46.3 Å². The van der Waals surface area contributed by atoms with Crippen molar-refractivity contribution in [2.24, 2.45) is 16.1 Å². The van der Waals surface area contributed by atoms with Gasteiger partial charge in [-0.3, -0.25) is 9.48 Å². The van der Waals surface area contributed by atoms with Crippen LogP contribution in [0.4, 0.5) is 0 Å². The van der Waals surface area contributed by atoms with Gasteiger partial charge in [0.05, 0.1) is 27.7 Å². The summed E-state index contributed by atoms with van der Waals surface area (Å²) in [7, 11) is 0. The molecule has 1 fully saturated rings. The van der Waals surface area contributed by atoms with E-state index in [1.807, 2.05) is 17.7 Å². The van der Waals surface area contributed by atoms with E-state index in [-0.39, 0.29) is 22.3 Å². The first-order chi connectivity index (χ1) is 14.8. The Hall–Kier alpha value is -1.86. The molecule has 1 aromatic carbocycles. The van der Waals surface area contributed by atoms with Gasteiger partial charge in [0.1, 0.15) is 5.03 Å². The summed E-state index contributed by atoms with van der Waals surface area (Å²) in [6.45, 7) is 4.13. The highest BCUT2D eigenvalue weighted by Gasteiger charge is 2.47. The maximum absolute atomic E-state index is 13.2. The molecule has 2 N–H and O–H groups in total. The van der Waals surface area contributed by atoms with Crippen molar-refractivity contribution >= 4 is 46.3 Å². The summed E-state index contributed by atoms with van der Waals surface area (Å²) < 4.78 is 2.01. The molecule has 162 valence electrons. The molecular weight excluding hydrogens is 457 g/mol. The lowest BCUT2D eigenvalue weighted by atomic mass is 9.73. The maximum atomic E-state index is 13.2. The van der Waals surface area contributed by atoms with Crippen LogP contribution in [0.3, 0.4) is 0 Å². The fourth-order valence-electron chi connectivity index (χ4n) is 5.11. The fraction of sp³-hybridized carbons (Fsp3) is 0.409. The molecular formula is C22H22Cl3N5O. The number of benzene rings is 1. The zero-order valence-corrected chi connectivity index (χ0v) is 19.3. The molecule has 1 saturated heterocycles. The quantitative estimate of drug-likeness (QED) is 0.688. The second-order valence-electron chi connectivity index (χ2n) is 8.57. The van der Waals surface area contributed by atoms with Gasteiger partial charge in [0.25, 0.3) is 0 Å². The molecule has 0 aliphatic carbocycles. The minimum atomic E-state index is -0.626. The van der Waals surface area contributed by atoms with Crippen LogP contribution in [-0.2, 0) is 11.3 Å². The summed E-state index contributed by atoms with van der Waals surface area (Å²) >= 11 is 19.1. The first kappa shape index (κ1) is 21.0. The number of carbonyl (C=O) groups excluding carboxylic acids is 1. The third-order valence-electron chi connectivity index (χ3n) is 6.92. The fourth-order valence-corrected chi connectivity index (χ4v) is 5.80. The molecule has 3 aliphatic rings. The summed E-state index contributed by atoms with van der Waals surface area (Å²) in [5.74, 6) is -0.289. The summed E-state index contributed by atoms with van der Waals surface area (Å²) in [6, 6.07) is 7.23. The van der Waals surface area contributed by atoms with E-state index in [1.165, 1.54) is 0 Å². The van der Waals surface area contributed by atoms with Crippen molar-refractivity contribution in [1.29, 1.82) is 0 Å². The minimum Gasteiger partial charge on any atom is -0.355 e. The summed E-state index contributed by atoms with van der Waals surface area (Å²) in [4.78, 5) is 20.1. The number of likely N-dealkylation sites (tertiary alicyclic amines) is 1. The van der Waals surface area contributed by atoms with Crippen molar-refractivity contribution in [3.63, 3.8) is 0 Å². The Bertz CT molecular complexity index is 1130. The number of fused-ring (bicyclic) bond motifs is 1. The van der Waals surface area contributed by atoms with Gasteiger partial charge in [-0.05, 0) is 37.5 Å². The molecule has 1 unspecified atom stereocenters. The molecule has 0 amide bonds. The van der Waals surface area contributed by atoms with Crippen LogP contribution in [0, 0.1) is 5.41 Å². The van der Waals surface area contributed by atoms with Crippen LogP contribution in [-0.4, -0.2) is 39.3 Å². The van der Waals surface area contributed by atoms with Crippen LogP contribution in [0.1, 0.15) is 43.0 Å². The molecule has 2 aromatic rings. The van der Waals surface area contributed by atoms with E-state index < -0.39 is 5.92 Å². The number of aliphatic imine (C=N–C) groups is 1. The normalized spacial score (nSPS) is 25.3. The zero-order valence-electron chi connectivity index (χ0n) is 17.0. The van der Waals surface area contributed by atoms with E-state index in [1.54, 1.807) is 24.4 Å². The molecule has 3 aliphatic heterocycles. The van der Waals surface area contributed by atoms with Crippen molar-refractivity contribution in [2.45, 2.75) is 38.3 Å². The van der Waals surface area contributed by atoms with Crippen LogP contribution in [0.5, 0.6) is 0 Å². The van der Waals surface area contributed by atoms with E-state index in [4.69, 9.17) is 45.5 Å². The Morgan fingerprint density at radius 2 is 1.90 bits per heavy atom. The number of nitrogens with zero attached hydrogens (tertiary/aromatic N) is 4. The average Bonchev–Trinajstić information content (AvgIpc) is 3.30. The van der Waals surface area contributed by atoms with Gasteiger partial charge in [-0.1, -0.05) is 46.9 Å². The number of rotatable bonds is 2. The SMILES string of the molecule is CC1=NC(N2CCC3(CC2)Cn2nccc2C3N)=C(Cl)C(=O)[C@H]1c1cccc(Cl)c1Cl. The molecule has 0 bridgehead atoms. The molecule has 9 heteroatoms. The van der Waals surface area contributed by atoms with Gasteiger partial charge in [0, 0.05) is 37.0 Å². The zero-order chi connectivity index (χ0) is 21.9.